The summed E-state index contributed by atoms with van der Waals surface area (Å²) >= 11 is 0. The van der Waals surface area contributed by atoms with E-state index >= 15 is 0 Å². The molecule has 1 aromatic rings. The van der Waals surface area contributed by atoms with Gasteiger partial charge in [-0.2, -0.15) is 0 Å². The maximum atomic E-state index is 5.47. The molecule has 2 heteroatoms. The van der Waals surface area contributed by atoms with Gasteiger partial charge in [-0.1, -0.05) is 42.0 Å². The van der Waals surface area contributed by atoms with Gasteiger partial charge in [-0.05, 0) is 25.8 Å². The van der Waals surface area contributed by atoms with Crippen LogP contribution in [0.1, 0.15) is 19.4 Å². The summed E-state index contributed by atoms with van der Waals surface area (Å²) in [6.07, 6.45) is 3.08. The van der Waals surface area contributed by atoms with E-state index in [0.29, 0.717) is 0 Å². The van der Waals surface area contributed by atoms with Crippen LogP contribution in [-0.2, 0) is 6.42 Å². The van der Waals surface area contributed by atoms with Gasteiger partial charge in [0, 0.05) is 6.04 Å². The lowest BCUT2D eigenvalue weighted by atomic mass is 10.0. The lowest BCUT2D eigenvalue weighted by Gasteiger charge is -2.12. The molecular weight excluding hydrogens is 172 g/mol. The first-order valence-electron chi connectivity index (χ1n) is 4.87. The lowest BCUT2D eigenvalue weighted by molar-refractivity contribution is 0.614. The summed E-state index contributed by atoms with van der Waals surface area (Å²) in [5.74, 6) is 5.47. The largest absolute Gasteiger partial charge is 0.271 e. The molecule has 0 aliphatic heterocycles. The molecular formula is C12H18N2. The second-order valence-electron chi connectivity index (χ2n) is 3.71. The summed E-state index contributed by atoms with van der Waals surface area (Å²) in [4.78, 5) is 0. The molecule has 0 aromatic heterocycles. The third-order valence-electron chi connectivity index (χ3n) is 2.05. The average molecular weight is 190 g/mol. The molecule has 0 amide bonds. The Bertz CT molecular complexity index is 286. The topological polar surface area (TPSA) is 38.0 Å². The van der Waals surface area contributed by atoms with Crippen molar-refractivity contribution >= 4 is 0 Å². The van der Waals surface area contributed by atoms with Gasteiger partial charge in [0.1, 0.15) is 0 Å². The van der Waals surface area contributed by atoms with Gasteiger partial charge in [0.15, 0.2) is 0 Å². The molecule has 0 radical (unpaired) electrons. The van der Waals surface area contributed by atoms with E-state index in [4.69, 9.17) is 5.84 Å². The zero-order valence-electron chi connectivity index (χ0n) is 8.83. The van der Waals surface area contributed by atoms with E-state index in [9.17, 15) is 0 Å². The van der Waals surface area contributed by atoms with E-state index in [1.807, 2.05) is 18.2 Å². The minimum absolute atomic E-state index is 0.224. The summed E-state index contributed by atoms with van der Waals surface area (Å²) in [6.45, 7) is 4.16. The Morgan fingerprint density at radius 1 is 1.36 bits per heavy atom. The van der Waals surface area contributed by atoms with Gasteiger partial charge in [0.05, 0.1) is 0 Å². The molecule has 0 spiro atoms. The highest BCUT2D eigenvalue weighted by atomic mass is 15.2. The molecule has 2 nitrogen and oxygen atoms in total. The molecule has 76 valence electrons. The number of hydrogen-bond donors (Lipinski definition) is 2. The number of hydrogen-bond acceptors (Lipinski definition) is 2. The fourth-order valence-electron chi connectivity index (χ4n) is 1.44. The van der Waals surface area contributed by atoms with Crippen molar-refractivity contribution in [2.24, 2.45) is 5.84 Å². The normalized spacial score (nSPS) is 12.2. The Balaban J connectivity index is 2.62. The Morgan fingerprint density at radius 2 is 2.00 bits per heavy atom. The van der Waals surface area contributed by atoms with Crippen LogP contribution in [0.5, 0.6) is 0 Å². The standard InChI is InChI=1S/C12H18N2/c1-10(2)8-12(14-13)9-11-6-4-3-5-7-11/h3-8,12,14H,9,13H2,1-2H3. The van der Waals surface area contributed by atoms with Gasteiger partial charge in [-0.25, -0.2) is 0 Å². The summed E-state index contributed by atoms with van der Waals surface area (Å²) in [7, 11) is 0. The van der Waals surface area contributed by atoms with E-state index in [1.54, 1.807) is 0 Å². The smallest absolute Gasteiger partial charge is 0.0433 e. The van der Waals surface area contributed by atoms with E-state index < -0.39 is 0 Å². The zero-order chi connectivity index (χ0) is 10.4. The minimum atomic E-state index is 0.224. The highest BCUT2D eigenvalue weighted by Gasteiger charge is 2.03. The molecule has 3 N–H and O–H groups in total. The predicted molar refractivity (Wildman–Crippen MR) is 60.7 cm³/mol. The monoisotopic (exact) mass is 190 g/mol. The first-order valence-corrected chi connectivity index (χ1v) is 4.87. The van der Waals surface area contributed by atoms with Crippen molar-refractivity contribution < 1.29 is 0 Å². The number of hydrazine groups is 1. The number of rotatable bonds is 4. The number of nitrogens with two attached hydrogens (primary N) is 1. The van der Waals surface area contributed by atoms with Crippen LogP contribution in [0.15, 0.2) is 42.0 Å². The van der Waals surface area contributed by atoms with Gasteiger partial charge < -0.3 is 0 Å². The van der Waals surface area contributed by atoms with Crippen molar-refractivity contribution in [1.29, 1.82) is 0 Å². The van der Waals surface area contributed by atoms with Crippen molar-refractivity contribution in [2.45, 2.75) is 26.3 Å². The van der Waals surface area contributed by atoms with E-state index in [2.05, 4.69) is 37.5 Å². The van der Waals surface area contributed by atoms with Gasteiger partial charge in [-0.15, -0.1) is 0 Å². The fraction of sp³-hybridized carbons (Fsp3) is 0.333. The van der Waals surface area contributed by atoms with Crippen LogP contribution < -0.4 is 11.3 Å². The second-order valence-corrected chi connectivity index (χ2v) is 3.71. The average Bonchev–Trinajstić information content (AvgIpc) is 2.17. The van der Waals surface area contributed by atoms with Crippen LogP contribution in [0.3, 0.4) is 0 Å². The molecule has 0 saturated heterocycles. The van der Waals surface area contributed by atoms with Crippen LogP contribution in [0.25, 0.3) is 0 Å². The highest BCUT2D eigenvalue weighted by Crippen LogP contribution is 2.05. The van der Waals surface area contributed by atoms with Gasteiger partial charge in [-0.3, -0.25) is 11.3 Å². The summed E-state index contributed by atoms with van der Waals surface area (Å²) in [5, 5.41) is 0. The van der Waals surface area contributed by atoms with Gasteiger partial charge >= 0.3 is 0 Å². The van der Waals surface area contributed by atoms with Crippen LogP contribution in [0.4, 0.5) is 0 Å². The van der Waals surface area contributed by atoms with Gasteiger partial charge in [0.2, 0.25) is 0 Å². The van der Waals surface area contributed by atoms with Crippen LogP contribution >= 0.6 is 0 Å². The minimum Gasteiger partial charge on any atom is -0.271 e. The summed E-state index contributed by atoms with van der Waals surface area (Å²) < 4.78 is 0. The third-order valence-corrected chi connectivity index (χ3v) is 2.05. The van der Waals surface area contributed by atoms with E-state index in [0.717, 1.165) is 6.42 Å². The molecule has 1 rings (SSSR count). The Morgan fingerprint density at radius 3 is 2.50 bits per heavy atom. The molecule has 0 saturated carbocycles. The molecule has 14 heavy (non-hydrogen) atoms. The van der Waals surface area contributed by atoms with Crippen molar-refractivity contribution in [3.63, 3.8) is 0 Å². The summed E-state index contributed by atoms with van der Waals surface area (Å²) in [6, 6.07) is 10.6. The quantitative estimate of drug-likeness (QED) is 0.433. The van der Waals surface area contributed by atoms with E-state index in [1.165, 1.54) is 11.1 Å². The van der Waals surface area contributed by atoms with Crippen LogP contribution in [-0.4, -0.2) is 6.04 Å². The second kappa shape index (κ2) is 5.58. The molecule has 0 aliphatic carbocycles. The summed E-state index contributed by atoms with van der Waals surface area (Å²) in [5.41, 5.74) is 5.39. The predicted octanol–water partition coefficient (Wildman–Crippen LogP) is 2.03. The highest BCUT2D eigenvalue weighted by molar-refractivity contribution is 5.18. The Kier molecular flexibility index (Phi) is 4.36. The zero-order valence-corrected chi connectivity index (χ0v) is 8.83. The lowest BCUT2D eigenvalue weighted by Crippen LogP contribution is -2.35. The number of benzene rings is 1. The van der Waals surface area contributed by atoms with Crippen molar-refractivity contribution in [3.05, 3.63) is 47.5 Å². The fourth-order valence-corrected chi connectivity index (χ4v) is 1.44. The first kappa shape index (κ1) is 11.0. The SMILES string of the molecule is CC(C)=CC(Cc1ccccc1)NN. The first-order chi connectivity index (χ1) is 6.72. The van der Waals surface area contributed by atoms with E-state index in [-0.39, 0.29) is 6.04 Å². The molecule has 0 fully saturated rings. The molecule has 1 atom stereocenters. The number of allylic oxidation sites excluding steroid dienone is 1. The molecule has 0 bridgehead atoms. The Hall–Kier alpha value is -1.12. The maximum Gasteiger partial charge on any atom is 0.0433 e. The van der Waals surface area contributed by atoms with Crippen LogP contribution in [0.2, 0.25) is 0 Å². The van der Waals surface area contributed by atoms with Crippen LogP contribution in [0, 0.1) is 0 Å². The molecule has 0 heterocycles. The third kappa shape index (κ3) is 3.73. The maximum absolute atomic E-state index is 5.47. The molecule has 1 unspecified atom stereocenters. The number of nitrogens with one attached hydrogen (secondary N) is 1. The van der Waals surface area contributed by atoms with Gasteiger partial charge in [0.25, 0.3) is 0 Å². The van der Waals surface area contributed by atoms with Crippen molar-refractivity contribution in [3.8, 4) is 0 Å². The molecule has 1 aromatic carbocycles. The Labute approximate surface area is 85.8 Å². The molecule has 0 aliphatic rings. The van der Waals surface area contributed by atoms with Crippen molar-refractivity contribution in [2.75, 3.05) is 0 Å². The van der Waals surface area contributed by atoms with Crippen molar-refractivity contribution in [1.82, 2.24) is 5.43 Å².